The maximum atomic E-state index is 11.9. The van der Waals surface area contributed by atoms with Crippen molar-refractivity contribution in [1.29, 1.82) is 0 Å². The van der Waals surface area contributed by atoms with Crippen LogP contribution in [0.3, 0.4) is 0 Å². The van der Waals surface area contributed by atoms with Crippen molar-refractivity contribution in [1.82, 2.24) is 10.2 Å². The van der Waals surface area contributed by atoms with Crippen LogP contribution in [0, 0.1) is 5.41 Å². The fraction of sp³-hybridized carbons (Fsp3) is 0.857. The first kappa shape index (κ1) is 17.7. The molecule has 0 fully saturated rings. The minimum absolute atomic E-state index is 0.187. The fourth-order valence-corrected chi connectivity index (χ4v) is 1.96. The highest BCUT2D eigenvalue weighted by Crippen LogP contribution is 2.25. The van der Waals surface area contributed by atoms with E-state index in [1.165, 1.54) is 0 Å². The van der Waals surface area contributed by atoms with Crippen LogP contribution in [-0.4, -0.2) is 42.1 Å². The molecule has 0 saturated heterocycles. The average Bonchev–Trinajstić information content (AvgIpc) is 2.40. The number of aliphatic carboxylic acids is 1. The summed E-state index contributed by atoms with van der Waals surface area (Å²) < 4.78 is 0. The summed E-state index contributed by atoms with van der Waals surface area (Å²) >= 11 is 0. The van der Waals surface area contributed by atoms with Crippen LogP contribution in [-0.2, 0) is 4.79 Å². The Balaban J connectivity index is 4.29. The summed E-state index contributed by atoms with van der Waals surface area (Å²) in [6.45, 7) is 6.69. The van der Waals surface area contributed by atoms with E-state index >= 15 is 0 Å². The van der Waals surface area contributed by atoms with Gasteiger partial charge in [0.2, 0.25) is 0 Å². The van der Waals surface area contributed by atoms with Crippen molar-refractivity contribution in [2.24, 2.45) is 5.41 Å². The molecule has 0 saturated carbocycles. The van der Waals surface area contributed by atoms with E-state index < -0.39 is 11.4 Å². The molecule has 0 radical (unpaired) electrons. The Bertz CT molecular complexity index is 288. The Morgan fingerprint density at radius 2 is 1.74 bits per heavy atom. The lowest BCUT2D eigenvalue weighted by Crippen LogP contribution is -2.46. The van der Waals surface area contributed by atoms with E-state index in [9.17, 15) is 14.7 Å². The SMILES string of the molecule is CCCCCN(C)C(=O)NCC(CC)(CC)C(=O)O. The monoisotopic (exact) mass is 272 g/mol. The van der Waals surface area contributed by atoms with E-state index in [4.69, 9.17) is 0 Å². The topological polar surface area (TPSA) is 69.6 Å². The predicted molar refractivity (Wildman–Crippen MR) is 76.2 cm³/mol. The maximum absolute atomic E-state index is 11.9. The lowest BCUT2D eigenvalue weighted by molar-refractivity contribution is -0.149. The van der Waals surface area contributed by atoms with Gasteiger partial charge in [0, 0.05) is 20.1 Å². The number of carboxylic acid groups (broad SMARTS) is 1. The number of carbonyl (C=O) groups excluding carboxylic acids is 1. The third-order valence-electron chi connectivity index (χ3n) is 3.83. The first-order valence-corrected chi connectivity index (χ1v) is 7.15. The first-order chi connectivity index (χ1) is 8.93. The third-order valence-corrected chi connectivity index (χ3v) is 3.83. The number of carboxylic acids is 1. The molecule has 0 bridgehead atoms. The molecule has 0 aromatic heterocycles. The third kappa shape index (κ3) is 5.49. The molecule has 0 aliphatic carbocycles. The summed E-state index contributed by atoms with van der Waals surface area (Å²) in [5, 5.41) is 12.0. The van der Waals surface area contributed by atoms with E-state index in [1.807, 2.05) is 13.8 Å². The van der Waals surface area contributed by atoms with Gasteiger partial charge < -0.3 is 15.3 Å². The number of rotatable bonds is 9. The standard InChI is InChI=1S/C14H28N2O3/c1-5-8-9-10-16(4)13(19)15-11-14(6-2,7-3)12(17)18/h5-11H2,1-4H3,(H,15,19)(H,17,18). The molecule has 0 aliphatic heterocycles. The number of hydrogen-bond donors (Lipinski definition) is 2. The predicted octanol–water partition coefficient (Wildman–Crippen LogP) is 2.71. The van der Waals surface area contributed by atoms with Crippen LogP contribution in [0.1, 0.15) is 52.9 Å². The Morgan fingerprint density at radius 3 is 2.16 bits per heavy atom. The zero-order valence-electron chi connectivity index (χ0n) is 12.7. The van der Waals surface area contributed by atoms with Crippen molar-refractivity contribution in [2.75, 3.05) is 20.1 Å². The van der Waals surface area contributed by atoms with Crippen molar-refractivity contribution < 1.29 is 14.7 Å². The van der Waals surface area contributed by atoms with Crippen LogP contribution in [0.25, 0.3) is 0 Å². The molecule has 0 heterocycles. The number of nitrogens with one attached hydrogen (secondary N) is 1. The Morgan fingerprint density at radius 1 is 1.16 bits per heavy atom. The zero-order valence-corrected chi connectivity index (χ0v) is 12.7. The smallest absolute Gasteiger partial charge is 0.317 e. The van der Waals surface area contributed by atoms with E-state index in [1.54, 1.807) is 11.9 Å². The lowest BCUT2D eigenvalue weighted by atomic mass is 9.82. The summed E-state index contributed by atoms with van der Waals surface area (Å²) in [6.07, 6.45) is 4.22. The van der Waals surface area contributed by atoms with Crippen LogP contribution in [0.15, 0.2) is 0 Å². The fourth-order valence-electron chi connectivity index (χ4n) is 1.96. The second-order valence-electron chi connectivity index (χ2n) is 5.08. The zero-order chi connectivity index (χ0) is 14.9. The molecule has 0 aliphatic rings. The van der Waals surface area contributed by atoms with Gasteiger partial charge >= 0.3 is 12.0 Å². The molecule has 0 unspecified atom stereocenters. The summed E-state index contributed by atoms with van der Waals surface area (Å²) in [5.41, 5.74) is -0.847. The Labute approximate surface area is 116 Å². The van der Waals surface area contributed by atoms with Crippen molar-refractivity contribution in [3.05, 3.63) is 0 Å². The molecule has 5 heteroatoms. The number of nitrogens with zero attached hydrogens (tertiary/aromatic N) is 1. The van der Waals surface area contributed by atoms with Gasteiger partial charge in [-0.05, 0) is 19.3 Å². The van der Waals surface area contributed by atoms with Gasteiger partial charge in [0.05, 0.1) is 5.41 Å². The maximum Gasteiger partial charge on any atom is 0.317 e. The molecule has 2 N–H and O–H groups in total. The molecule has 2 amide bonds. The molecule has 0 aromatic carbocycles. The Hall–Kier alpha value is -1.26. The molecule has 0 atom stereocenters. The summed E-state index contributed by atoms with van der Waals surface area (Å²) in [5.74, 6) is -0.841. The van der Waals surface area contributed by atoms with Crippen molar-refractivity contribution in [3.8, 4) is 0 Å². The molecular weight excluding hydrogens is 244 g/mol. The summed E-state index contributed by atoms with van der Waals surface area (Å²) in [7, 11) is 1.74. The number of unbranched alkanes of at least 4 members (excludes halogenated alkanes) is 2. The van der Waals surface area contributed by atoms with Crippen molar-refractivity contribution in [3.63, 3.8) is 0 Å². The van der Waals surface area contributed by atoms with Gasteiger partial charge in [0.15, 0.2) is 0 Å². The molecule has 0 spiro atoms. The number of hydrogen-bond acceptors (Lipinski definition) is 2. The van der Waals surface area contributed by atoms with Gasteiger partial charge in [0.1, 0.15) is 0 Å². The van der Waals surface area contributed by atoms with E-state index in [0.717, 1.165) is 19.3 Å². The van der Waals surface area contributed by atoms with E-state index in [-0.39, 0.29) is 12.6 Å². The number of carbonyl (C=O) groups is 2. The summed E-state index contributed by atoms with van der Waals surface area (Å²) in [6, 6.07) is -0.191. The molecule has 19 heavy (non-hydrogen) atoms. The van der Waals surface area contributed by atoms with Crippen LogP contribution >= 0.6 is 0 Å². The van der Waals surface area contributed by atoms with Crippen LogP contribution in [0.2, 0.25) is 0 Å². The molecule has 0 rings (SSSR count). The summed E-state index contributed by atoms with van der Waals surface area (Å²) in [4.78, 5) is 24.8. The second kappa shape index (κ2) is 8.77. The van der Waals surface area contributed by atoms with Gasteiger partial charge in [-0.15, -0.1) is 0 Å². The Kier molecular flexibility index (Phi) is 8.19. The van der Waals surface area contributed by atoms with Gasteiger partial charge in [-0.25, -0.2) is 4.79 Å². The van der Waals surface area contributed by atoms with Crippen LogP contribution < -0.4 is 5.32 Å². The first-order valence-electron chi connectivity index (χ1n) is 7.15. The van der Waals surface area contributed by atoms with E-state index in [2.05, 4.69) is 12.2 Å². The van der Waals surface area contributed by atoms with Gasteiger partial charge in [0.25, 0.3) is 0 Å². The molecular formula is C14H28N2O3. The van der Waals surface area contributed by atoms with Crippen molar-refractivity contribution in [2.45, 2.75) is 52.9 Å². The van der Waals surface area contributed by atoms with Crippen molar-refractivity contribution >= 4 is 12.0 Å². The van der Waals surface area contributed by atoms with Gasteiger partial charge in [-0.2, -0.15) is 0 Å². The largest absolute Gasteiger partial charge is 0.481 e. The molecule has 112 valence electrons. The highest BCUT2D eigenvalue weighted by Gasteiger charge is 2.35. The highest BCUT2D eigenvalue weighted by atomic mass is 16.4. The molecule has 5 nitrogen and oxygen atoms in total. The average molecular weight is 272 g/mol. The van der Waals surface area contributed by atoms with Crippen LogP contribution in [0.5, 0.6) is 0 Å². The minimum atomic E-state index is -0.847. The van der Waals surface area contributed by atoms with Gasteiger partial charge in [-0.3, -0.25) is 4.79 Å². The normalized spacial score (nSPS) is 11.2. The highest BCUT2D eigenvalue weighted by molar-refractivity contribution is 5.78. The quantitative estimate of drug-likeness (QED) is 0.634. The minimum Gasteiger partial charge on any atom is -0.481 e. The lowest BCUT2D eigenvalue weighted by Gasteiger charge is -2.28. The number of amides is 2. The van der Waals surface area contributed by atoms with E-state index in [0.29, 0.717) is 19.4 Å². The van der Waals surface area contributed by atoms with Gasteiger partial charge in [-0.1, -0.05) is 33.6 Å². The number of urea groups is 1. The van der Waals surface area contributed by atoms with Crippen LogP contribution in [0.4, 0.5) is 4.79 Å². The molecule has 0 aromatic rings. The second-order valence-corrected chi connectivity index (χ2v) is 5.08.